The van der Waals surface area contributed by atoms with E-state index in [1.54, 1.807) is 30.3 Å². The van der Waals surface area contributed by atoms with Crippen LogP contribution in [0.5, 0.6) is 5.75 Å². The summed E-state index contributed by atoms with van der Waals surface area (Å²) in [6.45, 7) is 1.35. The third-order valence-electron chi connectivity index (χ3n) is 5.72. The highest BCUT2D eigenvalue weighted by molar-refractivity contribution is 7.87. The molecule has 1 saturated heterocycles. The van der Waals surface area contributed by atoms with E-state index < -0.39 is 34.4 Å². The number of anilines is 1. The molecule has 8 nitrogen and oxygen atoms in total. The Labute approximate surface area is 223 Å². The van der Waals surface area contributed by atoms with Crippen molar-refractivity contribution in [1.29, 1.82) is 0 Å². The number of carbonyl (C=O) groups is 3. The van der Waals surface area contributed by atoms with Crippen LogP contribution in [0.2, 0.25) is 10.0 Å². The zero-order valence-corrected chi connectivity index (χ0v) is 21.8. The van der Waals surface area contributed by atoms with Crippen LogP contribution in [0.25, 0.3) is 0 Å². The van der Waals surface area contributed by atoms with Crippen molar-refractivity contribution >= 4 is 56.7 Å². The molecule has 0 aromatic heterocycles. The fourth-order valence-electron chi connectivity index (χ4n) is 3.71. The number of hydrogen-bond acceptors (Lipinski definition) is 7. The predicted octanol–water partition coefficient (Wildman–Crippen LogP) is 4.85. The van der Waals surface area contributed by atoms with Crippen LogP contribution >= 0.6 is 23.2 Å². The van der Waals surface area contributed by atoms with Crippen molar-refractivity contribution in [3.05, 3.63) is 87.9 Å². The van der Waals surface area contributed by atoms with Crippen molar-refractivity contribution < 1.29 is 31.7 Å². The molecule has 192 valence electrons. The molecule has 0 radical (unpaired) electrons. The molecule has 1 amide bonds. The van der Waals surface area contributed by atoms with E-state index in [-0.39, 0.29) is 45.1 Å². The quantitative estimate of drug-likeness (QED) is 0.220. The number of hydrogen-bond donors (Lipinski definition) is 0. The molecule has 0 aliphatic carbocycles. The van der Waals surface area contributed by atoms with Gasteiger partial charge in [0.1, 0.15) is 10.6 Å². The SMILES string of the molecule is Cc1ccc(S(=O)(=O)Oc2ccc(C(=O)COC(=O)[C@@H]3CC(=O)N(c4cccc(Cl)c4Cl)C3)cc2)cc1. The Bertz CT molecular complexity index is 1460. The number of halogens is 2. The van der Waals surface area contributed by atoms with E-state index >= 15 is 0 Å². The average Bonchev–Trinajstić information content (AvgIpc) is 3.26. The number of aryl methyl sites for hydroxylation is 1. The van der Waals surface area contributed by atoms with Gasteiger partial charge in [-0.25, -0.2) is 0 Å². The molecule has 1 aliphatic rings. The molecule has 0 N–H and O–H groups in total. The predicted molar refractivity (Wildman–Crippen MR) is 138 cm³/mol. The molecule has 3 aromatic carbocycles. The number of Topliss-reactive ketones (excluding diaryl/α,β-unsaturated/α-hetero) is 1. The average molecular weight is 562 g/mol. The highest BCUT2D eigenvalue weighted by atomic mass is 35.5. The van der Waals surface area contributed by atoms with Crippen LogP contribution in [-0.4, -0.2) is 39.2 Å². The topological polar surface area (TPSA) is 107 Å². The van der Waals surface area contributed by atoms with Crippen molar-refractivity contribution in [3.8, 4) is 5.75 Å². The van der Waals surface area contributed by atoms with Gasteiger partial charge in [0.05, 0.1) is 21.7 Å². The minimum atomic E-state index is -4.03. The van der Waals surface area contributed by atoms with Gasteiger partial charge in [-0.2, -0.15) is 8.42 Å². The number of esters is 1. The lowest BCUT2D eigenvalue weighted by Gasteiger charge is -2.18. The number of amides is 1. The van der Waals surface area contributed by atoms with Crippen LogP contribution < -0.4 is 9.08 Å². The first-order valence-corrected chi connectivity index (χ1v) is 13.3. The molecular formula is C26H21Cl2NO7S. The van der Waals surface area contributed by atoms with E-state index in [1.165, 1.54) is 41.3 Å². The van der Waals surface area contributed by atoms with E-state index in [2.05, 4.69) is 0 Å². The van der Waals surface area contributed by atoms with Crippen LogP contribution in [0.4, 0.5) is 5.69 Å². The molecule has 0 unspecified atom stereocenters. The first-order chi connectivity index (χ1) is 17.5. The smallest absolute Gasteiger partial charge is 0.339 e. The van der Waals surface area contributed by atoms with E-state index in [0.29, 0.717) is 5.69 Å². The van der Waals surface area contributed by atoms with Crippen molar-refractivity contribution in [3.63, 3.8) is 0 Å². The van der Waals surface area contributed by atoms with Crippen molar-refractivity contribution in [2.45, 2.75) is 18.2 Å². The lowest BCUT2D eigenvalue weighted by Crippen LogP contribution is -2.27. The highest BCUT2D eigenvalue weighted by Crippen LogP contribution is 2.36. The molecule has 11 heteroatoms. The molecule has 1 aliphatic heterocycles. The van der Waals surface area contributed by atoms with Gasteiger partial charge in [-0.15, -0.1) is 0 Å². The van der Waals surface area contributed by atoms with Crippen LogP contribution in [0.15, 0.2) is 71.6 Å². The zero-order chi connectivity index (χ0) is 26.7. The maximum atomic E-state index is 12.5. The molecule has 1 atom stereocenters. The van der Waals surface area contributed by atoms with Crippen molar-refractivity contribution in [2.75, 3.05) is 18.1 Å². The second kappa shape index (κ2) is 10.9. The Balaban J connectivity index is 1.33. The fraction of sp³-hybridized carbons (Fsp3) is 0.192. The number of rotatable bonds is 8. The van der Waals surface area contributed by atoms with Gasteiger partial charge in [0.15, 0.2) is 12.4 Å². The van der Waals surface area contributed by atoms with Gasteiger partial charge < -0.3 is 13.8 Å². The highest BCUT2D eigenvalue weighted by Gasteiger charge is 2.37. The molecular weight excluding hydrogens is 541 g/mol. The summed E-state index contributed by atoms with van der Waals surface area (Å²) in [5.41, 5.74) is 1.50. The lowest BCUT2D eigenvalue weighted by atomic mass is 10.1. The Kier molecular flexibility index (Phi) is 7.87. The normalized spacial score (nSPS) is 15.5. The van der Waals surface area contributed by atoms with E-state index in [9.17, 15) is 22.8 Å². The molecule has 37 heavy (non-hydrogen) atoms. The summed E-state index contributed by atoms with van der Waals surface area (Å²) < 4.78 is 35.1. The van der Waals surface area contributed by atoms with Gasteiger partial charge in [0.25, 0.3) is 0 Å². The lowest BCUT2D eigenvalue weighted by molar-refractivity contribution is -0.147. The van der Waals surface area contributed by atoms with Gasteiger partial charge in [-0.3, -0.25) is 14.4 Å². The second-order valence-electron chi connectivity index (χ2n) is 8.38. The molecule has 0 saturated carbocycles. The summed E-state index contributed by atoms with van der Waals surface area (Å²) in [6, 6.07) is 16.5. The second-order valence-corrected chi connectivity index (χ2v) is 10.7. The van der Waals surface area contributed by atoms with Gasteiger partial charge in [0.2, 0.25) is 5.91 Å². The Hall–Kier alpha value is -3.40. The molecule has 0 bridgehead atoms. The van der Waals surface area contributed by atoms with Crippen LogP contribution in [0.1, 0.15) is 22.3 Å². The van der Waals surface area contributed by atoms with Crippen molar-refractivity contribution in [1.82, 2.24) is 0 Å². The van der Waals surface area contributed by atoms with Crippen LogP contribution in [0.3, 0.4) is 0 Å². The fourth-order valence-corrected chi connectivity index (χ4v) is 5.04. The maximum absolute atomic E-state index is 12.5. The van der Waals surface area contributed by atoms with Gasteiger partial charge in [-0.05, 0) is 55.5 Å². The maximum Gasteiger partial charge on any atom is 0.339 e. The first kappa shape index (κ1) is 26.7. The number of ether oxygens (including phenoxy) is 1. The third-order valence-corrected chi connectivity index (χ3v) is 7.79. The number of carbonyl (C=O) groups excluding carboxylic acids is 3. The number of nitrogens with zero attached hydrogens (tertiary/aromatic N) is 1. The van der Waals surface area contributed by atoms with E-state index in [4.69, 9.17) is 32.1 Å². The summed E-state index contributed by atoms with van der Waals surface area (Å²) in [7, 11) is -4.03. The summed E-state index contributed by atoms with van der Waals surface area (Å²) in [6.07, 6.45) is -0.0860. The summed E-state index contributed by atoms with van der Waals surface area (Å²) in [4.78, 5) is 38.8. The third kappa shape index (κ3) is 6.12. The minimum absolute atomic E-state index is 0.00626. The van der Waals surface area contributed by atoms with E-state index in [0.717, 1.165) is 5.56 Å². The van der Waals surface area contributed by atoms with Crippen LogP contribution in [-0.2, 0) is 24.4 Å². The monoisotopic (exact) mass is 561 g/mol. The molecule has 3 aromatic rings. The Morgan fingerprint density at radius 1 is 1.00 bits per heavy atom. The van der Waals surface area contributed by atoms with Gasteiger partial charge in [-0.1, -0.05) is 47.0 Å². The minimum Gasteiger partial charge on any atom is -0.457 e. The molecule has 0 spiro atoms. The summed E-state index contributed by atoms with van der Waals surface area (Å²) in [5, 5.41) is 0.494. The van der Waals surface area contributed by atoms with Gasteiger partial charge >= 0.3 is 16.1 Å². The first-order valence-electron chi connectivity index (χ1n) is 11.1. The number of ketones is 1. The standard InChI is InChI=1S/C26H21Cl2NO7S/c1-16-5-11-20(12-6-16)37(33,34)36-19-9-7-17(8-10-19)23(30)15-35-26(32)18-13-24(31)29(14-18)22-4-2-3-21(27)25(22)28/h2-12,18H,13-15H2,1H3/t18-/m1/s1. The summed E-state index contributed by atoms with van der Waals surface area (Å²) >= 11 is 12.2. The molecule has 4 rings (SSSR count). The Morgan fingerprint density at radius 2 is 1.68 bits per heavy atom. The van der Waals surface area contributed by atoms with Crippen LogP contribution in [0, 0.1) is 12.8 Å². The van der Waals surface area contributed by atoms with Crippen molar-refractivity contribution in [2.24, 2.45) is 5.92 Å². The van der Waals surface area contributed by atoms with E-state index in [1.807, 2.05) is 6.92 Å². The number of benzene rings is 3. The molecule has 1 fully saturated rings. The summed E-state index contributed by atoms with van der Waals surface area (Å²) in [5.74, 6) is -2.24. The zero-order valence-electron chi connectivity index (χ0n) is 19.5. The largest absolute Gasteiger partial charge is 0.457 e. The molecule has 1 heterocycles. The Morgan fingerprint density at radius 3 is 2.35 bits per heavy atom. The van der Waals surface area contributed by atoms with Gasteiger partial charge in [0, 0.05) is 18.5 Å².